The molecule has 0 aliphatic heterocycles. The number of carbonyl (C=O) groups is 3. The predicted octanol–water partition coefficient (Wildman–Crippen LogP) is 3.94. The van der Waals surface area contributed by atoms with Gasteiger partial charge in [-0.05, 0) is 49.7 Å². The third kappa shape index (κ3) is 4.59. The first kappa shape index (κ1) is 17.5. The average Bonchev–Trinajstić information content (AvgIpc) is 2.55. The van der Waals surface area contributed by atoms with Crippen LogP contribution in [0.4, 0.5) is 10.1 Å². The molecule has 4 nitrogen and oxygen atoms in total. The van der Waals surface area contributed by atoms with Gasteiger partial charge in [-0.2, -0.15) is 0 Å². The van der Waals surface area contributed by atoms with Gasteiger partial charge in [0.05, 0.1) is 0 Å². The van der Waals surface area contributed by atoms with Crippen LogP contribution in [-0.2, 0) is 4.79 Å². The highest BCUT2D eigenvalue weighted by Crippen LogP contribution is 2.18. The highest BCUT2D eigenvalue weighted by Gasteiger charge is 2.11. The van der Waals surface area contributed by atoms with Gasteiger partial charge in [0.25, 0.3) is 0 Å². The molecule has 0 unspecified atom stereocenters. The number of carbonyl (C=O) groups excluding carboxylic acids is 3. The molecule has 0 radical (unpaired) electrons. The van der Waals surface area contributed by atoms with E-state index in [0.717, 1.165) is 5.56 Å². The van der Waals surface area contributed by atoms with Crippen molar-refractivity contribution in [1.29, 1.82) is 0 Å². The van der Waals surface area contributed by atoms with Crippen molar-refractivity contribution in [2.75, 3.05) is 5.32 Å². The first-order valence-electron chi connectivity index (χ1n) is 7.57. The molecule has 0 atom stereocenters. The average molecular weight is 327 g/mol. The molecular formula is C19H18FNO3. The number of amides is 1. The second kappa shape index (κ2) is 7.64. The molecule has 0 aliphatic carbocycles. The number of Topliss-reactive ketones (excluding diaryl/α,β-unsaturated/α-hetero) is 2. The Morgan fingerprint density at radius 1 is 0.958 bits per heavy atom. The summed E-state index contributed by atoms with van der Waals surface area (Å²) in [5.41, 5.74) is 2.28. The normalized spacial score (nSPS) is 10.3. The van der Waals surface area contributed by atoms with Crippen LogP contribution in [0.3, 0.4) is 0 Å². The van der Waals surface area contributed by atoms with Crippen LogP contribution in [0.5, 0.6) is 0 Å². The zero-order valence-electron chi connectivity index (χ0n) is 13.6. The van der Waals surface area contributed by atoms with Gasteiger partial charge >= 0.3 is 0 Å². The van der Waals surface area contributed by atoms with Crippen LogP contribution in [0.15, 0.2) is 42.5 Å². The van der Waals surface area contributed by atoms with Crippen molar-refractivity contribution in [3.05, 3.63) is 65.0 Å². The Balaban J connectivity index is 1.96. The predicted molar refractivity (Wildman–Crippen MR) is 89.8 cm³/mol. The molecule has 1 amide bonds. The molecule has 0 saturated carbocycles. The van der Waals surface area contributed by atoms with Crippen LogP contribution < -0.4 is 5.32 Å². The lowest BCUT2D eigenvalue weighted by molar-refractivity contribution is -0.116. The van der Waals surface area contributed by atoms with Crippen LogP contribution in [0.25, 0.3) is 0 Å². The summed E-state index contributed by atoms with van der Waals surface area (Å²) in [5.74, 6) is -1.03. The van der Waals surface area contributed by atoms with Crippen molar-refractivity contribution < 1.29 is 18.8 Å². The van der Waals surface area contributed by atoms with E-state index < -0.39 is 5.82 Å². The van der Waals surface area contributed by atoms with Gasteiger partial charge in [-0.15, -0.1) is 0 Å². The largest absolute Gasteiger partial charge is 0.326 e. The monoisotopic (exact) mass is 327 g/mol. The number of ketones is 2. The Morgan fingerprint density at radius 3 is 2.21 bits per heavy atom. The van der Waals surface area contributed by atoms with Crippen LogP contribution >= 0.6 is 0 Å². The van der Waals surface area contributed by atoms with E-state index in [0.29, 0.717) is 16.8 Å². The van der Waals surface area contributed by atoms with Crippen LogP contribution in [0.1, 0.15) is 46.0 Å². The Labute approximate surface area is 139 Å². The Bertz CT molecular complexity index is 782. The fourth-order valence-corrected chi connectivity index (χ4v) is 2.20. The molecule has 24 heavy (non-hydrogen) atoms. The van der Waals surface area contributed by atoms with Gasteiger partial charge in [-0.1, -0.05) is 12.1 Å². The standard InChI is InChI=1S/C19H18FNO3/c1-12-3-4-15(13(2)22)11-17(12)21-19(24)10-9-18(23)14-5-7-16(20)8-6-14/h3-8,11H,9-10H2,1-2H3,(H,21,24). The van der Waals surface area contributed by atoms with E-state index in [2.05, 4.69) is 5.32 Å². The van der Waals surface area contributed by atoms with E-state index >= 15 is 0 Å². The van der Waals surface area contributed by atoms with Crippen molar-refractivity contribution in [1.82, 2.24) is 0 Å². The summed E-state index contributed by atoms with van der Waals surface area (Å²) in [4.78, 5) is 35.4. The van der Waals surface area contributed by atoms with Crippen molar-refractivity contribution in [2.45, 2.75) is 26.7 Å². The number of benzene rings is 2. The number of anilines is 1. The minimum atomic E-state index is -0.412. The second-order valence-corrected chi connectivity index (χ2v) is 5.56. The van der Waals surface area contributed by atoms with E-state index in [1.165, 1.54) is 31.2 Å². The molecule has 0 bridgehead atoms. The summed E-state index contributed by atoms with van der Waals surface area (Å²) < 4.78 is 12.8. The molecule has 0 fully saturated rings. The topological polar surface area (TPSA) is 63.2 Å². The van der Waals surface area contributed by atoms with E-state index in [-0.39, 0.29) is 30.3 Å². The van der Waals surface area contributed by atoms with E-state index in [4.69, 9.17) is 0 Å². The highest BCUT2D eigenvalue weighted by molar-refractivity contribution is 6.01. The van der Waals surface area contributed by atoms with Gasteiger partial charge < -0.3 is 5.32 Å². The van der Waals surface area contributed by atoms with Crippen molar-refractivity contribution >= 4 is 23.2 Å². The number of hydrogen-bond acceptors (Lipinski definition) is 3. The van der Waals surface area contributed by atoms with Crippen LogP contribution in [0.2, 0.25) is 0 Å². The van der Waals surface area contributed by atoms with Gasteiger partial charge in [0.15, 0.2) is 11.6 Å². The van der Waals surface area contributed by atoms with Gasteiger partial charge in [0, 0.05) is 29.7 Å². The lowest BCUT2D eigenvalue weighted by Gasteiger charge is -2.09. The maximum Gasteiger partial charge on any atom is 0.224 e. The zero-order valence-corrected chi connectivity index (χ0v) is 13.6. The third-order valence-corrected chi connectivity index (χ3v) is 3.66. The van der Waals surface area contributed by atoms with Gasteiger partial charge in [-0.3, -0.25) is 14.4 Å². The van der Waals surface area contributed by atoms with Crippen molar-refractivity contribution in [3.8, 4) is 0 Å². The number of aryl methyl sites for hydroxylation is 1. The Morgan fingerprint density at radius 2 is 1.58 bits per heavy atom. The summed E-state index contributed by atoms with van der Waals surface area (Å²) in [7, 11) is 0. The first-order chi connectivity index (χ1) is 11.4. The van der Waals surface area contributed by atoms with E-state index in [9.17, 15) is 18.8 Å². The molecule has 2 rings (SSSR count). The lowest BCUT2D eigenvalue weighted by Crippen LogP contribution is -2.14. The van der Waals surface area contributed by atoms with E-state index in [1.807, 2.05) is 6.92 Å². The SMILES string of the molecule is CC(=O)c1ccc(C)c(NC(=O)CCC(=O)c2ccc(F)cc2)c1. The molecule has 0 spiro atoms. The number of nitrogens with one attached hydrogen (secondary N) is 1. The quantitative estimate of drug-likeness (QED) is 0.817. The van der Waals surface area contributed by atoms with Crippen molar-refractivity contribution in [2.24, 2.45) is 0 Å². The lowest BCUT2D eigenvalue weighted by atomic mass is 10.1. The van der Waals surface area contributed by atoms with Crippen molar-refractivity contribution in [3.63, 3.8) is 0 Å². The smallest absolute Gasteiger partial charge is 0.224 e. The molecule has 5 heteroatoms. The Kier molecular flexibility index (Phi) is 5.58. The minimum absolute atomic E-state index is 0.0138. The summed E-state index contributed by atoms with van der Waals surface area (Å²) >= 11 is 0. The molecule has 0 heterocycles. The summed E-state index contributed by atoms with van der Waals surface area (Å²) in [6, 6.07) is 10.3. The molecule has 1 N–H and O–H groups in total. The molecule has 2 aromatic carbocycles. The third-order valence-electron chi connectivity index (χ3n) is 3.66. The van der Waals surface area contributed by atoms with Gasteiger partial charge in [-0.25, -0.2) is 4.39 Å². The summed E-state index contributed by atoms with van der Waals surface area (Å²) in [6.07, 6.45) is 0.0445. The molecule has 2 aromatic rings. The molecule has 124 valence electrons. The Hall–Kier alpha value is -2.82. The second-order valence-electron chi connectivity index (χ2n) is 5.56. The highest BCUT2D eigenvalue weighted by atomic mass is 19.1. The number of hydrogen-bond donors (Lipinski definition) is 1. The number of halogens is 1. The number of rotatable bonds is 6. The van der Waals surface area contributed by atoms with Crippen LogP contribution in [-0.4, -0.2) is 17.5 Å². The van der Waals surface area contributed by atoms with Gasteiger partial charge in [0.1, 0.15) is 5.82 Å². The fourth-order valence-electron chi connectivity index (χ4n) is 2.20. The summed E-state index contributed by atoms with van der Waals surface area (Å²) in [5, 5.41) is 2.72. The maximum absolute atomic E-state index is 12.8. The zero-order chi connectivity index (χ0) is 17.7. The maximum atomic E-state index is 12.8. The molecule has 0 aromatic heterocycles. The minimum Gasteiger partial charge on any atom is -0.326 e. The molecule has 0 aliphatic rings. The molecule has 0 saturated heterocycles. The van der Waals surface area contributed by atoms with Gasteiger partial charge in [0.2, 0.25) is 5.91 Å². The van der Waals surface area contributed by atoms with Crippen LogP contribution in [0, 0.1) is 12.7 Å². The van der Waals surface area contributed by atoms with E-state index in [1.54, 1.807) is 18.2 Å². The molecular weight excluding hydrogens is 309 g/mol. The summed E-state index contributed by atoms with van der Waals surface area (Å²) in [6.45, 7) is 3.28. The fraction of sp³-hybridized carbons (Fsp3) is 0.211. The first-order valence-corrected chi connectivity index (χ1v) is 7.57.